The smallest absolute Gasteiger partial charge is 0.381 e. The number of nitrogens with zero attached hydrogens (tertiary/aromatic N) is 1. The fourth-order valence-corrected chi connectivity index (χ4v) is 2.15. The molecule has 20 heavy (non-hydrogen) atoms. The third-order valence-electron chi connectivity index (χ3n) is 2.72. The first kappa shape index (κ1) is 16.2. The van der Waals surface area contributed by atoms with E-state index in [1.165, 1.54) is 18.5 Å². The van der Waals surface area contributed by atoms with Crippen molar-refractivity contribution in [3.05, 3.63) is 22.0 Å². The predicted octanol–water partition coefficient (Wildman–Crippen LogP) is 1.91. The number of carbonyl (C=O) groups excluding carboxylic acids is 3. The molecule has 110 valence electrons. The van der Waals surface area contributed by atoms with Gasteiger partial charge in [0.1, 0.15) is 16.4 Å². The van der Waals surface area contributed by atoms with Gasteiger partial charge in [-0.05, 0) is 26.3 Å². The lowest BCUT2D eigenvalue weighted by molar-refractivity contribution is -0.137. The second kappa shape index (κ2) is 6.56. The van der Waals surface area contributed by atoms with E-state index in [4.69, 9.17) is 16.3 Å². The van der Waals surface area contributed by atoms with Crippen LogP contribution >= 0.6 is 11.6 Å². The fourth-order valence-electron chi connectivity index (χ4n) is 1.85. The third kappa shape index (κ3) is 2.85. The van der Waals surface area contributed by atoms with E-state index < -0.39 is 17.7 Å². The van der Waals surface area contributed by atoms with Gasteiger partial charge in [0.15, 0.2) is 0 Å². The molecule has 0 aromatic carbocycles. The number of aromatic nitrogens is 1. The molecule has 1 rings (SSSR count). The Bertz CT molecular complexity index is 562. The molecule has 0 unspecified atom stereocenters. The molecule has 0 fully saturated rings. The quantitative estimate of drug-likeness (QED) is 0.472. The Morgan fingerprint density at radius 1 is 1.15 bits per heavy atom. The molecule has 1 heterocycles. The van der Waals surface area contributed by atoms with Crippen LogP contribution in [0.3, 0.4) is 0 Å². The molecule has 0 radical (unpaired) electrons. The first-order valence-electron chi connectivity index (χ1n) is 6.10. The molecule has 0 amide bonds. The Labute approximate surface area is 121 Å². The van der Waals surface area contributed by atoms with Crippen molar-refractivity contribution in [1.82, 2.24) is 4.57 Å². The lowest BCUT2D eigenvalue weighted by Gasteiger charge is -2.04. The number of ketones is 1. The summed E-state index contributed by atoms with van der Waals surface area (Å²) < 4.78 is 10.8. The summed E-state index contributed by atoms with van der Waals surface area (Å²) >= 11 is 6.03. The molecule has 1 aromatic heterocycles. The molecule has 0 spiro atoms. The summed E-state index contributed by atoms with van der Waals surface area (Å²) in [5.74, 6) is -2.46. The van der Waals surface area contributed by atoms with Gasteiger partial charge in [0, 0.05) is 7.05 Å². The summed E-state index contributed by atoms with van der Waals surface area (Å²) in [4.78, 5) is 35.4. The monoisotopic (exact) mass is 301 g/mol. The molecule has 7 heteroatoms. The number of carbonyl (C=O) groups is 3. The first-order valence-corrected chi connectivity index (χ1v) is 6.47. The van der Waals surface area contributed by atoms with E-state index in [0.29, 0.717) is 5.56 Å². The van der Waals surface area contributed by atoms with Crippen molar-refractivity contribution in [1.29, 1.82) is 0 Å². The maximum atomic E-state index is 12.0. The fraction of sp³-hybridized carbons (Fsp3) is 0.462. The third-order valence-corrected chi connectivity index (χ3v) is 3.16. The Hall–Kier alpha value is -1.82. The Balaban J connectivity index is 3.30. The summed E-state index contributed by atoms with van der Waals surface area (Å²) in [5.41, 5.74) is 0.411. The molecule has 0 atom stereocenters. The van der Waals surface area contributed by atoms with E-state index in [0.717, 1.165) is 0 Å². The van der Waals surface area contributed by atoms with Crippen LogP contribution in [0.1, 0.15) is 40.3 Å². The topological polar surface area (TPSA) is 74.6 Å². The maximum absolute atomic E-state index is 12.0. The van der Waals surface area contributed by atoms with E-state index in [9.17, 15) is 14.4 Å². The molecular formula is C13H16ClNO5. The molecule has 0 saturated heterocycles. The normalized spacial score (nSPS) is 10.2. The number of Topliss-reactive ketones (excluding diaryl/α,β-unsaturated/α-hetero) is 1. The van der Waals surface area contributed by atoms with Crippen LogP contribution in [-0.2, 0) is 21.3 Å². The van der Waals surface area contributed by atoms with Gasteiger partial charge in [0.25, 0.3) is 5.78 Å². The summed E-state index contributed by atoms with van der Waals surface area (Å²) in [7, 11) is 1.49. The van der Waals surface area contributed by atoms with Gasteiger partial charge >= 0.3 is 11.9 Å². The van der Waals surface area contributed by atoms with E-state index in [-0.39, 0.29) is 29.6 Å². The summed E-state index contributed by atoms with van der Waals surface area (Å²) in [6.07, 6.45) is 0. The molecule has 0 bridgehead atoms. The number of esters is 2. The SMILES string of the molecule is CCOC(=O)C(=O)c1c(C)c(C(=O)OCC)c(Cl)n1C. The van der Waals surface area contributed by atoms with Gasteiger partial charge < -0.3 is 14.0 Å². The van der Waals surface area contributed by atoms with Crippen LogP contribution in [0.25, 0.3) is 0 Å². The van der Waals surface area contributed by atoms with Crippen LogP contribution in [0.4, 0.5) is 0 Å². The summed E-state index contributed by atoms with van der Waals surface area (Å²) in [6, 6.07) is 0. The van der Waals surface area contributed by atoms with E-state index in [1.807, 2.05) is 0 Å². The highest BCUT2D eigenvalue weighted by atomic mass is 35.5. The minimum Gasteiger partial charge on any atom is -0.462 e. The Morgan fingerprint density at radius 2 is 1.70 bits per heavy atom. The van der Waals surface area contributed by atoms with E-state index in [1.54, 1.807) is 13.8 Å². The van der Waals surface area contributed by atoms with Crippen LogP contribution in [0.5, 0.6) is 0 Å². The average Bonchev–Trinajstić information content (AvgIpc) is 2.60. The van der Waals surface area contributed by atoms with Crippen molar-refractivity contribution in [2.24, 2.45) is 7.05 Å². The van der Waals surface area contributed by atoms with Gasteiger partial charge in [0.05, 0.1) is 13.2 Å². The highest BCUT2D eigenvalue weighted by molar-refractivity contribution is 6.42. The van der Waals surface area contributed by atoms with Gasteiger partial charge in [-0.3, -0.25) is 4.79 Å². The lowest BCUT2D eigenvalue weighted by atomic mass is 10.1. The number of rotatable bonds is 5. The highest BCUT2D eigenvalue weighted by Gasteiger charge is 2.30. The molecule has 0 aliphatic rings. The Morgan fingerprint density at radius 3 is 2.20 bits per heavy atom. The van der Waals surface area contributed by atoms with Gasteiger partial charge in [-0.1, -0.05) is 11.6 Å². The molecule has 0 N–H and O–H groups in total. The van der Waals surface area contributed by atoms with E-state index in [2.05, 4.69) is 4.74 Å². The first-order chi connectivity index (χ1) is 9.36. The number of hydrogen-bond acceptors (Lipinski definition) is 5. The van der Waals surface area contributed by atoms with Gasteiger partial charge in [-0.15, -0.1) is 0 Å². The molecule has 6 nitrogen and oxygen atoms in total. The molecule has 0 aliphatic heterocycles. The average molecular weight is 302 g/mol. The van der Waals surface area contributed by atoms with Crippen molar-refractivity contribution < 1.29 is 23.9 Å². The lowest BCUT2D eigenvalue weighted by Crippen LogP contribution is -2.21. The van der Waals surface area contributed by atoms with E-state index >= 15 is 0 Å². The van der Waals surface area contributed by atoms with Crippen molar-refractivity contribution >= 4 is 29.3 Å². The van der Waals surface area contributed by atoms with Crippen LogP contribution < -0.4 is 0 Å². The summed E-state index contributed by atoms with van der Waals surface area (Å²) in [5, 5.41) is 0.0496. The number of ether oxygens (including phenoxy) is 2. The van der Waals surface area contributed by atoms with Gasteiger partial charge in [0.2, 0.25) is 0 Å². The van der Waals surface area contributed by atoms with Crippen LogP contribution in [0.15, 0.2) is 0 Å². The van der Waals surface area contributed by atoms with Crippen molar-refractivity contribution in [2.75, 3.05) is 13.2 Å². The minimum atomic E-state index is -0.983. The van der Waals surface area contributed by atoms with Gasteiger partial charge in [-0.2, -0.15) is 0 Å². The Kier molecular flexibility index (Phi) is 5.33. The zero-order valence-corrected chi connectivity index (χ0v) is 12.5. The molecule has 0 aliphatic carbocycles. The zero-order chi connectivity index (χ0) is 15.4. The van der Waals surface area contributed by atoms with Crippen LogP contribution in [0, 0.1) is 6.92 Å². The molecule has 1 aromatic rings. The van der Waals surface area contributed by atoms with Crippen molar-refractivity contribution in [2.45, 2.75) is 20.8 Å². The second-order valence-corrected chi connectivity index (χ2v) is 4.33. The zero-order valence-electron chi connectivity index (χ0n) is 11.8. The molecule has 0 saturated carbocycles. The van der Waals surface area contributed by atoms with Gasteiger partial charge in [-0.25, -0.2) is 9.59 Å². The molecular weight excluding hydrogens is 286 g/mol. The largest absolute Gasteiger partial charge is 0.462 e. The summed E-state index contributed by atoms with van der Waals surface area (Å²) in [6.45, 7) is 5.07. The number of hydrogen-bond donors (Lipinski definition) is 0. The van der Waals surface area contributed by atoms with Crippen LogP contribution in [0.2, 0.25) is 5.15 Å². The standard InChI is InChI=1S/C13H16ClNO5/c1-5-19-12(17)8-7(3)9(15(4)11(8)14)10(16)13(18)20-6-2/h5-6H2,1-4H3. The predicted molar refractivity (Wildman–Crippen MR) is 72.1 cm³/mol. The minimum absolute atomic E-state index is 0.0245. The van der Waals surface area contributed by atoms with Crippen molar-refractivity contribution in [3.8, 4) is 0 Å². The van der Waals surface area contributed by atoms with Crippen molar-refractivity contribution in [3.63, 3.8) is 0 Å². The highest BCUT2D eigenvalue weighted by Crippen LogP contribution is 2.27. The second-order valence-electron chi connectivity index (χ2n) is 3.97. The van der Waals surface area contributed by atoms with Crippen LogP contribution in [-0.4, -0.2) is 35.5 Å². The number of halogens is 1. The maximum Gasteiger partial charge on any atom is 0.381 e.